The van der Waals surface area contributed by atoms with Gasteiger partial charge in [-0.2, -0.15) is 5.10 Å². The number of nitrogens with one attached hydrogen (secondary N) is 1. The maximum Gasteiger partial charge on any atom is 0.274 e. The molecule has 1 amide bonds. The summed E-state index contributed by atoms with van der Waals surface area (Å²) in [5.41, 5.74) is 6.20. The molecule has 0 saturated carbocycles. The zero-order chi connectivity index (χ0) is 22.8. The average molecular weight is 426 g/mol. The van der Waals surface area contributed by atoms with Crippen molar-refractivity contribution >= 4 is 17.3 Å². The summed E-state index contributed by atoms with van der Waals surface area (Å²) in [7, 11) is 0. The number of non-ortho nitro benzene ring substituents is 1. The smallest absolute Gasteiger partial charge is 0.274 e. The van der Waals surface area contributed by atoms with Crippen molar-refractivity contribution in [3.63, 3.8) is 0 Å². The quantitative estimate of drug-likeness (QED) is 0.331. The second kappa shape index (κ2) is 8.47. The lowest BCUT2D eigenvalue weighted by Crippen LogP contribution is -2.17. The molecule has 4 aromatic rings. The van der Waals surface area contributed by atoms with Crippen molar-refractivity contribution in [3.05, 3.63) is 105 Å². The molecule has 4 rings (SSSR count). The van der Waals surface area contributed by atoms with Crippen molar-refractivity contribution < 1.29 is 9.72 Å². The van der Waals surface area contributed by atoms with Crippen LogP contribution in [0.4, 0.5) is 11.4 Å². The molecule has 0 aliphatic heterocycles. The molecule has 0 radical (unpaired) electrons. The largest absolute Gasteiger partial charge is 0.321 e. The van der Waals surface area contributed by atoms with E-state index in [1.165, 1.54) is 12.1 Å². The van der Waals surface area contributed by atoms with E-state index in [-0.39, 0.29) is 11.6 Å². The number of carbonyl (C=O) groups excluding carboxylic acids is 1. The molecular weight excluding hydrogens is 404 g/mol. The highest BCUT2D eigenvalue weighted by Gasteiger charge is 2.19. The van der Waals surface area contributed by atoms with Gasteiger partial charge in [0.25, 0.3) is 11.6 Å². The van der Waals surface area contributed by atoms with E-state index >= 15 is 0 Å². The Morgan fingerprint density at radius 3 is 2.22 bits per heavy atom. The minimum Gasteiger partial charge on any atom is -0.321 e. The Labute approximate surface area is 185 Å². The lowest BCUT2D eigenvalue weighted by molar-refractivity contribution is -0.384. The first-order chi connectivity index (χ1) is 15.3. The number of nitro benzene ring substituents is 1. The molecule has 32 heavy (non-hydrogen) atoms. The van der Waals surface area contributed by atoms with Crippen molar-refractivity contribution in [2.75, 3.05) is 5.32 Å². The van der Waals surface area contributed by atoms with E-state index in [1.807, 2.05) is 63.2 Å². The van der Waals surface area contributed by atoms with Gasteiger partial charge in [-0.25, -0.2) is 4.68 Å². The van der Waals surface area contributed by atoms with Gasteiger partial charge in [0.05, 0.1) is 16.3 Å². The van der Waals surface area contributed by atoms with Crippen molar-refractivity contribution in [3.8, 4) is 16.9 Å². The molecule has 0 bridgehead atoms. The Balaban J connectivity index is 1.79. The first-order valence-electron chi connectivity index (χ1n) is 10.1. The van der Waals surface area contributed by atoms with Gasteiger partial charge in [-0.1, -0.05) is 29.8 Å². The molecule has 7 heteroatoms. The molecule has 160 valence electrons. The number of hydrogen-bond donors (Lipinski definition) is 1. The van der Waals surface area contributed by atoms with Crippen molar-refractivity contribution in [1.82, 2.24) is 9.78 Å². The van der Waals surface area contributed by atoms with Crippen LogP contribution in [-0.4, -0.2) is 20.6 Å². The van der Waals surface area contributed by atoms with Crippen LogP contribution in [0, 0.1) is 30.9 Å². The molecular formula is C25H22N4O3. The third-order valence-corrected chi connectivity index (χ3v) is 5.22. The standard InChI is InChI=1S/C25H22N4O3/c1-16-5-10-20(11-6-16)26-25(30)24-15-22(19-8-12-21(13-9-19)29(31)32)27-28(24)23-14-17(2)4-7-18(23)3/h4-15H,1-3H3,(H,26,30). The summed E-state index contributed by atoms with van der Waals surface area (Å²) in [4.78, 5) is 23.7. The van der Waals surface area contributed by atoms with Crippen LogP contribution in [0.1, 0.15) is 27.2 Å². The number of nitrogens with zero attached hydrogens (tertiary/aromatic N) is 3. The zero-order valence-corrected chi connectivity index (χ0v) is 18.0. The number of rotatable bonds is 5. The molecule has 0 aliphatic carbocycles. The van der Waals surface area contributed by atoms with Crippen molar-refractivity contribution in [2.24, 2.45) is 0 Å². The summed E-state index contributed by atoms with van der Waals surface area (Å²) in [6, 6.07) is 21.4. The second-order valence-electron chi connectivity index (χ2n) is 7.74. The highest BCUT2D eigenvalue weighted by atomic mass is 16.6. The van der Waals surface area contributed by atoms with E-state index < -0.39 is 4.92 Å². The highest BCUT2D eigenvalue weighted by molar-refractivity contribution is 6.04. The summed E-state index contributed by atoms with van der Waals surface area (Å²) in [6.45, 7) is 5.93. The van der Waals surface area contributed by atoms with Crippen molar-refractivity contribution in [1.29, 1.82) is 0 Å². The number of benzene rings is 3. The first kappa shape index (κ1) is 21.0. The average Bonchev–Trinajstić information content (AvgIpc) is 3.22. The van der Waals surface area contributed by atoms with Crippen LogP contribution in [-0.2, 0) is 0 Å². The van der Waals surface area contributed by atoms with Gasteiger partial charge in [0.1, 0.15) is 5.69 Å². The Kier molecular flexibility index (Phi) is 5.55. The maximum absolute atomic E-state index is 13.2. The predicted octanol–water partition coefficient (Wildman–Crippen LogP) is 5.63. The molecule has 0 fully saturated rings. The fourth-order valence-electron chi connectivity index (χ4n) is 3.40. The normalized spacial score (nSPS) is 10.7. The van der Waals surface area contributed by atoms with Gasteiger partial charge < -0.3 is 5.32 Å². The van der Waals surface area contributed by atoms with Crippen LogP contribution in [0.2, 0.25) is 0 Å². The van der Waals surface area contributed by atoms with Crippen LogP contribution in [0.5, 0.6) is 0 Å². The van der Waals surface area contributed by atoms with E-state index in [0.29, 0.717) is 22.6 Å². The zero-order valence-electron chi connectivity index (χ0n) is 18.0. The predicted molar refractivity (Wildman–Crippen MR) is 124 cm³/mol. The number of aromatic nitrogens is 2. The summed E-state index contributed by atoms with van der Waals surface area (Å²) in [5, 5.41) is 18.6. The molecule has 7 nitrogen and oxygen atoms in total. The molecule has 0 atom stereocenters. The number of anilines is 1. The monoisotopic (exact) mass is 426 g/mol. The van der Waals surface area contributed by atoms with Crippen molar-refractivity contribution in [2.45, 2.75) is 20.8 Å². The van der Waals surface area contributed by atoms with Gasteiger partial charge in [-0.15, -0.1) is 0 Å². The van der Waals surface area contributed by atoms with E-state index in [2.05, 4.69) is 10.4 Å². The molecule has 0 aliphatic rings. The first-order valence-corrected chi connectivity index (χ1v) is 10.1. The van der Waals surface area contributed by atoms with Crippen LogP contribution in [0.25, 0.3) is 16.9 Å². The van der Waals surface area contributed by atoms with Gasteiger partial charge in [-0.3, -0.25) is 14.9 Å². The molecule has 1 N–H and O–H groups in total. The number of hydrogen-bond acceptors (Lipinski definition) is 4. The second-order valence-corrected chi connectivity index (χ2v) is 7.74. The van der Waals surface area contributed by atoms with Gasteiger partial charge in [0.15, 0.2) is 0 Å². The summed E-state index contributed by atoms with van der Waals surface area (Å²) < 4.78 is 1.63. The van der Waals surface area contributed by atoms with Crippen LogP contribution < -0.4 is 5.32 Å². The minimum atomic E-state index is -0.445. The van der Waals surface area contributed by atoms with Crippen LogP contribution in [0.3, 0.4) is 0 Å². The lowest BCUT2D eigenvalue weighted by Gasteiger charge is -2.11. The molecule has 0 saturated heterocycles. The lowest BCUT2D eigenvalue weighted by atomic mass is 10.1. The van der Waals surface area contributed by atoms with E-state index in [4.69, 9.17) is 0 Å². The molecule has 0 spiro atoms. The molecule has 0 unspecified atom stereocenters. The maximum atomic E-state index is 13.2. The third-order valence-electron chi connectivity index (χ3n) is 5.22. The molecule has 3 aromatic carbocycles. The summed E-state index contributed by atoms with van der Waals surface area (Å²) in [5.74, 6) is -0.296. The van der Waals surface area contributed by atoms with E-state index in [0.717, 1.165) is 22.4 Å². The molecule has 1 aromatic heterocycles. The fourth-order valence-corrected chi connectivity index (χ4v) is 3.40. The van der Waals surface area contributed by atoms with Crippen LogP contribution >= 0.6 is 0 Å². The highest BCUT2D eigenvalue weighted by Crippen LogP contribution is 2.26. The van der Waals surface area contributed by atoms with Crippen LogP contribution in [0.15, 0.2) is 72.8 Å². The summed E-state index contributed by atoms with van der Waals surface area (Å²) >= 11 is 0. The van der Waals surface area contributed by atoms with Gasteiger partial charge in [0.2, 0.25) is 0 Å². The number of amides is 1. The van der Waals surface area contributed by atoms with Gasteiger partial charge in [0, 0.05) is 23.4 Å². The topological polar surface area (TPSA) is 90.1 Å². The van der Waals surface area contributed by atoms with Gasteiger partial charge in [-0.05, 0) is 68.3 Å². The Bertz CT molecular complexity index is 1310. The molecule has 1 heterocycles. The number of aryl methyl sites for hydroxylation is 3. The summed E-state index contributed by atoms with van der Waals surface area (Å²) in [6.07, 6.45) is 0. The van der Waals surface area contributed by atoms with E-state index in [9.17, 15) is 14.9 Å². The Hall–Kier alpha value is -4.26. The minimum absolute atomic E-state index is 0.0000452. The van der Waals surface area contributed by atoms with Gasteiger partial charge >= 0.3 is 0 Å². The number of carbonyl (C=O) groups is 1. The fraction of sp³-hybridized carbons (Fsp3) is 0.120. The van der Waals surface area contributed by atoms with E-state index in [1.54, 1.807) is 22.9 Å². The Morgan fingerprint density at radius 2 is 1.56 bits per heavy atom. The third kappa shape index (κ3) is 4.27. The number of nitro groups is 1. The Morgan fingerprint density at radius 1 is 0.906 bits per heavy atom. The SMILES string of the molecule is Cc1ccc(NC(=O)c2cc(-c3ccc([N+](=O)[O-])cc3)nn2-c2cc(C)ccc2C)cc1.